The molecule has 4 aromatic rings. The SMILES string of the molecule is CC(C)c1c(C(=O)Nc2ccccc2)c(-c2ccccc2)c(-c2ccc(F)cc2)n1CCC(O)CC(O)CC(=O)OCCOCC(CON(O)O)ON(O)O. The van der Waals surface area contributed by atoms with Crippen LogP contribution in [0.2, 0.25) is 0 Å². The van der Waals surface area contributed by atoms with Crippen molar-refractivity contribution in [3.8, 4) is 22.4 Å². The minimum absolute atomic E-state index is 0.132. The molecular formula is C38H47FN4O12. The van der Waals surface area contributed by atoms with E-state index >= 15 is 0 Å². The molecule has 17 heteroatoms. The fourth-order valence-electron chi connectivity index (χ4n) is 6.07. The van der Waals surface area contributed by atoms with Crippen LogP contribution in [0.25, 0.3) is 22.4 Å². The lowest BCUT2D eigenvalue weighted by molar-refractivity contribution is -0.528. The third kappa shape index (κ3) is 13.3. The maximum absolute atomic E-state index is 14.2. The first-order chi connectivity index (χ1) is 26.3. The van der Waals surface area contributed by atoms with Gasteiger partial charge >= 0.3 is 5.97 Å². The number of halogens is 1. The Labute approximate surface area is 316 Å². The van der Waals surface area contributed by atoms with Gasteiger partial charge in [-0.1, -0.05) is 62.4 Å². The number of aromatic nitrogens is 1. The number of nitrogens with zero attached hydrogens (tertiary/aromatic N) is 3. The number of hydrogen-bond donors (Lipinski definition) is 7. The van der Waals surface area contributed by atoms with Crippen molar-refractivity contribution in [3.05, 3.63) is 102 Å². The van der Waals surface area contributed by atoms with E-state index in [-0.39, 0.29) is 51.0 Å². The average molecular weight is 771 g/mol. The Morgan fingerprint density at radius 1 is 0.818 bits per heavy atom. The molecule has 0 fully saturated rings. The van der Waals surface area contributed by atoms with Crippen LogP contribution in [0.15, 0.2) is 84.9 Å². The Bertz CT molecular complexity index is 1780. The van der Waals surface area contributed by atoms with Crippen LogP contribution in [0, 0.1) is 5.82 Å². The van der Waals surface area contributed by atoms with E-state index in [0.29, 0.717) is 33.8 Å². The zero-order chi connectivity index (χ0) is 39.9. The Morgan fingerprint density at radius 2 is 1.47 bits per heavy atom. The molecule has 0 saturated heterocycles. The van der Waals surface area contributed by atoms with Crippen LogP contribution in [0.4, 0.5) is 10.1 Å². The van der Waals surface area contributed by atoms with Crippen LogP contribution in [0.1, 0.15) is 55.1 Å². The van der Waals surface area contributed by atoms with Gasteiger partial charge in [0.1, 0.15) is 25.1 Å². The minimum atomic E-state index is -1.25. The van der Waals surface area contributed by atoms with E-state index in [1.807, 2.05) is 66.9 Å². The predicted molar refractivity (Wildman–Crippen MR) is 193 cm³/mol. The molecule has 3 atom stereocenters. The number of nitrogens with one attached hydrogen (secondary N) is 1. The molecule has 0 saturated carbocycles. The molecule has 0 radical (unpaired) electrons. The third-order valence-electron chi connectivity index (χ3n) is 8.34. The van der Waals surface area contributed by atoms with Gasteiger partial charge in [-0.05, 0) is 66.3 Å². The summed E-state index contributed by atoms with van der Waals surface area (Å²) in [6, 6.07) is 24.5. The lowest BCUT2D eigenvalue weighted by Crippen LogP contribution is -2.34. The number of hydrogen-bond acceptors (Lipinski definition) is 14. The number of para-hydroxylation sites is 1. The number of carbonyl (C=O) groups is 2. The van der Waals surface area contributed by atoms with E-state index in [4.69, 9.17) is 30.3 Å². The highest BCUT2D eigenvalue weighted by Gasteiger charge is 2.31. The largest absolute Gasteiger partial charge is 0.463 e. The zero-order valence-electron chi connectivity index (χ0n) is 30.4. The zero-order valence-corrected chi connectivity index (χ0v) is 30.4. The molecule has 4 rings (SSSR count). The second-order valence-electron chi connectivity index (χ2n) is 12.8. The molecule has 1 amide bonds. The van der Waals surface area contributed by atoms with E-state index in [9.17, 15) is 24.2 Å². The number of amides is 1. The van der Waals surface area contributed by atoms with Gasteiger partial charge in [-0.25, -0.2) is 14.1 Å². The Morgan fingerprint density at radius 3 is 2.09 bits per heavy atom. The summed E-state index contributed by atoms with van der Waals surface area (Å²) in [5.74, 6) is -1.69. The van der Waals surface area contributed by atoms with Crippen molar-refractivity contribution in [2.24, 2.45) is 0 Å². The van der Waals surface area contributed by atoms with Crippen molar-refractivity contribution in [1.82, 2.24) is 15.3 Å². The summed E-state index contributed by atoms with van der Waals surface area (Å²) in [4.78, 5) is 35.5. The van der Waals surface area contributed by atoms with Crippen LogP contribution in [0.5, 0.6) is 0 Å². The lowest BCUT2D eigenvalue weighted by Gasteiger charge is -2.20. The maximum atomic E-state index is 14.2. The summed E-state index contributed by atoms with van der Waals surface area (Å²) < 4.78 is 26.4. The van der Waals surface area contributed by atoms with Gasteiger partial charge in [0, 0.05) is 23.5 Å². The normalized spacial score (nSPS) is 13.3. The Hall–Kier alpha value is -4.63. The molecule has 3 aromatic carbocycles. The summed E-state index contributed by atoms with van der Waals surface area (Å²) in [6.07, 6.45) is -3.96. The number of esters is 1. The molecule has 0 aliphatic carbocycles. The van der Waals surface area contributed by atoms with Crippen molar-refractivity contribution in [1.29, 1.82) is 0 Å². The van der Waals surface area contributed by atoms with Crippen LogP contribution in [0.3, 0.4) is 0 Å². The minimum Gasteiger partial charge on any atom is -0.463 e. The van der Waals surface area contributed by atoms with Crippen LogP contribution < -0.4 is 5.32 Å². The Kier molecular flexibility index (Phi) is 16.8. The highest BCUT2D eigenvalue weighted by atomic mass is 19.1. The second kappa shape index (κ2) is 21.5. The van der Waals surface area contributed by atoms with Crippen molar-refractivity contribution in [2.45, 2.75) is 63.9 Å². The molecule has 1 aromatic heterocycles. The van der Waals surface area contributed by atoms with Gasteiger partial charge < -0.3 is 29.6 Å². The van der Waals surface area contributed by atoms with Crippen molar-refractivity contribution < 1.29 is 64.2 Å². The van der Waals surface area contributed by atoms with Crippen LogP contribution in [-0.2, 0) is 30.5 Å². The summed E-state index contributed by atoms with van der Waals surface area (Å²) in [5, 5.41) is 58.4. The quantitative estimate of drug-likeness (QED) is 0.0312. The molecule has 3 unspecified atom stereocenters. The first-order valence-electron chi connectivity index (χ1n) is 17.5. The van der Waals surface area contributed by atoms with Crippen LogP contribution >= 0.6 is 0 Å². The van der Waals surface area contributed by atoms with E-state index in [2.05, 4.69) is 15.0 Å². The number of carbonyl (C=O) groups excluding carboxylic acids is 2. The van der Waals surface area contributed by atoms with Gasteiger partial charge in [0.05, 0.1) is 53.9 Å². The molecule has 0 aliphatic rings. The van der Waals surface area contributed by atoms with Gasteiger partial charge in [0.25, 0.3) is 5.91 Å². The lowest BCUT2D eigenvalue weighted by atomic mass is 9.94. The van der Waals surface area contributed by atoms with Gasteiger partial charge in [-0.15, -0.1) is 0 Å². The van der Waals surface area contributed by atoms with E-state index in [1.165, 1.54) is 12.1 Å². The van der Waals surface area contributed by atoms with Gasteiger partial charge in [0.15, 0.2) is 0 Å². The third-order valence-corrected chi connectivity index (χ3v) is 8.34. The topological polar surface area (TPSA) is 216 Å². The van der Waals surface area contributed by atoms with Gasteiger partial charge in [-0.2, -0.15) is 0 Å². The van der Waals surface area contributed by atoms with Crippen LogP contribution in [-0.4, -0.2) is 103 Å². The number of rotatable bonds is 22. The first kappa shape index (κ1) is 43.1. The smallest absolute Gasteiger partial charge is 0.308 e. The molecule has 0 bridgehead atoms. The molecule has 298 valence electrons. The van der Waals surface area contributed by atoms with Gasteiger partial charge in [-0.3, -0.25) is 30.4 Å². The molecule has 55 heavy (non-hydrogen) atoms. The number of aliphatic hydroxyl groups excluding tert-OH is 2. The summed E-state index contributed by atoms with van der Waals surface area (Å²) in [5.41, 5.74) is 4.47. The standard InChI is InChI=1S/C38H47FN4O12/c1-25(2)36-35(38(47)40-29-11-7-4-8-12-29)34(26-9-5-3-6-10-26)37(27-13-15-28(39)16-14-27)41(36)18-17-30(44)21-31(45)22-33(46)53-20-19-52-23-32(55-43(50)51)24-54-42(48)49/h3-16,25,30-32,44-45,48-51H,17-24H2,1-2H3,(H,40,47). The molecule has 1 heterocycles. The van der Waals surface area contributed by atoms with E-state index < -0.39 is 53.9 Å². The predicted octanol–water partition coefficient (Wildman–Crippen LogP) is 5.18. The summed E-state index contributed by atoms with van der Waals surface area (Å²) >= 11 is 0. The van der Waals surface area contributed by atoms with Crippen molar-refractivity contribution >= 4 is 17.6 Å². The fraction of sp³-hybridized carbons (Fsp3) is 0.368. The fourth-order valence-corrected chi connectivity index (χ4v) is 6.07. The maximum Gasteiger partial charge on any atom is 0.308 e. The molecule has 0 spiro atoms. The highest BCUT2D eigenvalue weighted by molar-refractivity contribution is 6.12. The molecular weight excluding hydrogens is 723 g/mol. The first-order valence-corrected chi connectivity index (χ1v) is 17.5. The second-order valence-corrected chi connectivity index (χ2v) is 12.8. The van der Waals surface area contributed by atoms with E-state index in [1.54, 1.807) is 24.3 Å². The van der Waals surface area contributed by atoms with Gasteiger partial charge in [0.2, 0.25) is 0 Å². The summed E-state index contributed by atoms with van der Waals surface area (Å²) in [6.45, 7) is 2.86. The van der Waals surface area contributed by atoms with E-state index in [0.717, 1.165) is 5.56 Å². The molecule has 0 aliphatic heterocycles. The summed E-state index contributed by atoms with van der Waals surface area (Å²) in [7, 11) is 0. The molecule has 16 nitrogen and oxygen atoms in total. The number of benzene rings is 3. The number of anilines is 1. The molecule has 7 N–H and O–H groups in total. The average Bonchev–Trinajstić information content (AvgIpc) is 3.49. The number of aliphatic hydroxyl groups is 2. The number of ether oxygens (including phenoxy) is 2. The van der Waals surface area contributed by atoms with Crippen molar-refractivity contribution in [2.75, 3.05) is 31.7 Å². The van der Waals surface area contributed by atoms with Crippen molar-refractivity contribution in [3.63, 3.8) is 0 Å². The monoisotopic (exact) mass is 770 g/mol. The Balaban J connectivity index is 1.48. The highest BCUT2D eigenvalue weighted by Crippen LogP contribution is 2.42.